The first-order valence-corrected chi connectivity index (χ1v) is 8.81. The van der Waals surface area contributed by atoms with Crippen LogP contribution in [0.2, 0.25) is 0 Å². The number of hydrogen-bond acceptors (Lipinski definition) is 3. The average molecular weight is 445 g/mol. The number of aromatic nitrogens is 1. The number of nitrogens with one attached hydrogen (secondary N) is 1. The lowest BCUT2D eigenvalue weighted by molar-refractivity contribution is -0.119. The van der Waals surface area contributed by atoms with E-state index in [2.05, 4.69) is 32.9 Å². The van der Waals surface area contributed by atoms with Gasteiger partial charge >= 0.3 is 0 Å². The van der Waals surface area contributed by atoms with Gasteiger partial charge in [-0.05, 0) is 46.4 Å². The smallest absolute Gasteiger partial charge is 0.254 e. The van der Waals surface area contributed by atoms with Crippen LogP contribution in [0.1, 0.15) is 15.9 Å². The number of fused-ring (bicyclic) bond motifs is 1. The number of benzene rings is 2. The number of amides is 2. The summed E-state index contributed by atoms with van der Waals surface area (Å²) in [7, 11) is 0. The van der Waals surface area contributed by atoms with E-state index in [9.17, 15) is 9.59 Å². The van der Waals surface area contributed by atoms with Gasteiger partial charge in [-0.2, -0.15) is 0 Å². The minimum absolute atomic E-state index is 0.346. The molecule has 6 heteroatoms. The fourth-order valence-corrected chi connectivity index (χ4v) is 3.24. The molecule has 2 amide bonds. The molecule has 25 heavy (non-hydrogen) atoms. The molecule has 0 spiro atoms. The van der Waals surface area contributed by atoms with Gasteiger partial charge in [-0.3, -0.25) is 14.6 Å². The Morgan fingerprint density at radius 1 is 1.08 bits per heavy atom. The SMILES string of the molecule is NC(=O)[C@H](Cc1ccccc1I)NC(=O)c1cccc2cccnc12. The third-order valence-electron chi connectivity index (χ3n) is 3.91. The highest BCUT2D eigenvalue weighted by Crippen LogP contribution is 2.17. The molecule has 0 saturated heterocycles. The summed E-state index contributed by atoms with van der Waals surface area (Å²) in [6.45, 7) is 0. The van der Waals surface area contributed by atoms with Crippen LogP contribution in [-0.4, -0.2) is 22.8 Å². The van der Waals surface area contributed by atoms with Crippen LogP contribution in [0, 0.1) is 3.57 Å². The third kappa shape index (κ3) is 3.96. The largest absolute Gasteiger partial charge is 0.368 e. The molecular weight excluding hydrogens is 429 g/mol. The highest BCUT2D eigenvalue weighted by Gasteiger charge is 2.21. The molecule has 1 aromatic heterocycles. The summed E-state index contributed by atoms with van der Waals surface area (Å²) >= 11 is 2.20. The third-order valence-corrected chi connectivity index (χ3v) is 4.96. The Balaban J connectivity index is 1.86. The predicted octanol–water partition coefficient (Wildman–Crippen LogP) is 2.67. The Bertz CT molecular complexity index is 937. The van der Waals surface area contributed by atoms with Crippen molar-refractivity contribution in [2.24, 2.45) is 5.73 Å². The number of carbonyl (C=O) groups is 2. The van der Waals surface area contributed by atoms with E-state index in [0.29, 0.717) is 17.5 Å². The molecule has 0 aliphatic heterocycles. The zero-order valence-electron chi connectivity index (χ0n) is 13.3. The van der Waals surface area contributed by atoms with Crippen molar-refractivity contribution < 1.29 is 9.59 Å². The van der Waals surface area contributed by atoms with Gasteiger partial charge in [0.25, 0.3) is 5.91 Å². The van der Waals surface area contributed by atoms with Crippen molar-refractivity contribution in [1.82, 2.24) is 10.3 Å². The summed E-state index contributed by atoms with van der Waals surface area (Å²) in [4.78, 5) is 28.8. The van der Waals surface area contributed by atoms with Gasteiger partial charge < -0.3 is 11.1 Å². The molecule has 3 aromatic rings. The molecule has 2 aromatic carbocycles. The lowest BCUT2D eigenvalue weighted by Crippen LogP contribution is -2.46. The molecule has 0 unspecified atom stereocenters. The van der Waals surface area contributed by atoms with Gasteiger partial charge in [0.15, 0.2) is 0 Å². The van der Waals surface area contributed by atoms with E-state index in [0.717, 1.165) is 14.5 Å². The first-order valence-electron chi connectivity index (χ1n) is 7.73. The molecule has 0 aliphatic rings. The van der Waals surface area contributed by atoms with Crippen molar-refractivity contribution in [2.75, 3.05) is 0 Å². The fourth-order valence-electron chi connectivity index (χ4n) is 2.63. The van der Waals surface area contributed by atoms with E-state index >= 15 is 0 Å². The van der Waals surface area contributed by atoms with Crippen molar-refractivity contribution >= 4 is 45.3 Å². The molecule has 1 heterocycles. The van der Waals surface area contributed by atoms with Crippen LogP contribution >= 0.6 is 22.6 Å². The molecule has 126 valence electrons. The Morgan fingerprint density at radius 2 is 1.84 bits per heavy atom. The highest BCUT2D eigenvalue weighted by molar-refractivity contribution is 14.1. The van der Waals surface area contributed by atoms with Crippen LogP contribution in [0.4, 0.5) is 0 Å². The van der Waals surface area contributed by atoms with Gasteiger partial charge in [-0.15, -0.1) is 0 Å². The van der Waals surface area contributed by atoms with Crippen molar-refractivity contribution in [2.45, 2.75) is 12.5 Å². The molecule has 5 nitrogen and oxygen atoms in total. The first kappa shape index (κ1) is 17.3. The van der Waals surface area contributed by atoms with E-state index in [-0.39, 0.29) is 5.91 Å². The molecule has 0 radical (unpaired) electrons. The maximum absolute atomic E-state index is 12.7. The summed E-state index contributed by atoms with van der Waals surface area (Å²) in [5.41, 5.74) is 7.48. The Labute approximate surface area is 158 Å². The van der Waals surface area contributed by atoms with Gasteiger partial charge in [0.1, 0.15) is 6.04 Å². The number of halogens is 1. The molecule has 0 aliphatic carbocycles. The summed E-state index contributed by atoms with van der Waals surface area (Å²) < 4.78 is 1.02. The van der Waals surface area contributed by atoms with Crippen molar-refractivity contribution in [1.29, 1.82) is 0 Å². The molecule has 1 atom stereocenters. The zero-order valence-corrected chi connectivity index (χ0v) is 15.4. The second-order valence-corrected chi connectivity index (χ2v) is 6.77. The Morgan fingerprint density at radius 3 is 2.60 bits per heavy atom. The van der Waals surface area contributed by atoms with Crippen LogP contribution in [0.3, 0.4) is 0 Å². The molecular formula is C19H16IN3O2. The zero-order chi connectivity index (χ0) is 17.8. The van der Waals surface area contributed by atoms with Gasteiger partial charge in [-0.25, -0.2) is 0 Å². The minimum atomic E-state index is -0.789. The number of rotatable bonds is 5. The predicted molar refractivity (Wildman–Crippen MR) is 105 cm³/mol. The minimum Gasteiger partial charge on any atom is -0.368 e. The van der Waals surface area contributed by atoms with Gasteiger partial charge in [0.2, 0.25) is 5.91 Å². The van der Waals surface area contributed by atoms with E-state index in [1.54, 1.807) is 18.3 Å². The monoisotopic (exact) mass is 445 g/mol. The van der Waals surface area contributed by atoms with Gasteiger partial charge in [-0.1, -0.05) is 36.4 Å². The number of carbonyl (C=O) groups excluding carboxylic acids is 2. The highest BCUT2D eigenvalue weighted by atomic mass is 127. The lowest BCUT2D eigenvalue weighted by Gasteiger charge is -2.17. The molecule has 0 bridgehead atoms. The second kappa shape index (κ2) is 7.60. The maximum Gasteiger partial charge on any atom is 0.254 e. The maximum atomic E-state index is 12.7. The standard InChI is InChI=1S/C19H16IN3O2/c20-15-9-2-1-5-13(15)11-16(18(21)24)23-19(25)14-8-3-6-12-7-4-10-22-17(12)14/h1-10,16H,11H2,(H2,21,24)(H,23,25)/t16-/m0/s1. The van der Waals surface area contributed by atoms with E-state index in [1.165, 1.54) is 0 Å². The number of para-hydroxylation sites is 1. The molecule has 0 saturated carbocycles. The molecule has 0 fully saturated rings. The molecule has 3 rings (SSSR count). The normalized spacial score (nSPS) is 11.9. The van der Waals surface area contributed by atoms with Crippen LogP contribution in [0.25, 0.3) is 10.9 Å². The lowest BCUT2D eigenvalue weighted by atomic mass is 10.0. The topological polar surface area (TPSA) is 85.1 Å². The number of pyridine rings is 1. The number of hydrogen-bond donors (Lipinski definition) is 2. The quantitative estimate of drug-likeness (QED) is 0.593. The number of nitrogens with two attached hydrogens (primary N) is 1. The average Bonchev–Trinajstić information content (AvgIpc) is 2.62. The first-order chi connectivity index (χ1) is 12.1. The van der Waals surface area contributed by atoms with E-state index in [1.807, 2.05) is 42.5 Å². The van der Waals surface area contributed by atoms with Crippen LogP contribution in [0.15, 0.2) is 60.8 Å². The fraction of sp³-hybridized carbons (Fsp3) is 0.105. The van der Waals surface area contributed by atoms with Gasteiger partial charge in [0.05, 0.1) is 11.1 Å². The van der Waals surface area contributed by atoms with Gasteiger partial charge in [0, 0.05) is 21.6 Å². The Hall–Kier alpha value is -2.48. The van der Waals surface area contributed by atoms with Crippen LogP contribution in [-0.2, 0) is 11.2 Å². The van der Waals surface area contributed by atoms with Crippen molar-refractivity contribution in [3.05, 3.63) is 75.5 Å². The summed E-state index contributed by atoms with van der Waals surface area (Å²) in [5.74, 6) is -0.930. The van der Waals surface area contributed by atoms with E-state index in [4.69, 9.17) is 5.73 Å². The van der Waals surface area contributed by atoms with Crippen molar-refractivity contribution in [3.8, 4) is 0 Å². The Kier molecular flexibility index (Phi) is 5.28. The summed E-state index contributed by atoms with van der Waals surface area (Å²) in [6.07, 6.45) is 1.98. The summed E-state index contributed by atoms with van der Waals surface area (Å²) in [6, 6.07) is 16.0. The van der Waals surface area contributed by atoms with E-state index < -0.39 is 11.9 Å². The van der Waals surface area contributed by atoms with Crippen LogP contribution in [0.5, 0.6) is 0 Å². The summed E-state index contributed by atoms with van der Waals surface area (Å²) in [5, 5.41) is 3.61. The van der Waals surface area contributed by atoms with Crippen LogP contribution < -0.4 is 11.1 Å². The number of nitrogens with zero attached hydrogens (tertiary/aromatic N) is 1. The molecule has 3 N–H and O–H groups in total. The second-order valence-electron chi connectivity index (χ2n) is 5.60. The van der Waals surface area contributed by atoms with Crippen molar-refractivity contribution in [3.63, 3.8) is 0 Å². The number of primary amides is 1.